The number of nitrogens with zero attached hydrogens (tertiary/aromatic N) is 5. The van der Waals surface area contributed by atoms with Crippen molar-refractivity contribution in [3.05, 3.63) is 70.6 Å². The summed E-state index contributed by atoms with van der Waals surface area (Å²) in [6.07, 6.45) is 0.0262. The number of hydrogen-bond acceptors (Lipinski definition) is 6. The van der Waals surface area contributed by atoms with Crippen LogP contribution in [0.25, 0.3) is 11.3 Å². The van der Waals surface area contributed by atoms with E-state index in [4.69, 9.17) is 10.2 Å². The number of carbonyl (C=O) groups excluding carboxylic acids is 1. The number of anilines is 2. The number of rotatable bonds is 6. The zero-order valence-electron chi connectivity index (χ0n) is 18.4. The van der Waals surface area contributed by atoms with Gasteiger partial charge in [0.05, 0.1) is 24.6 Å². The molecule has 0 spiro atoms. The molecule has 0 saturated heterocycles. The Labute approximate surface area is 190 Å². The zero-order valence-corrected chi connectivity index (χ0v) is 18.4. The largest absolute Gasteiger partial charge is 0.340 e. The molecular weight excluding hydrogens is 423 g/mol. The summed E-state index contributed by atoms with van der Waals surface area (Å²) in [6, 6.07) is 15.2. The summed E-state index contributed by atoms with van der Waals surface area (Å²) >= 11 is 0. The molecule has 8 nitrogen and oxygen atoms in total. The number of nitrogens with one attached hydrogen (secondary N) is 1. The third-order valence-electron chi connectivity index (χ3n) is 5.55. The van der Waals surface area contributed by atoms with Crippen molar-refractivity contribution in [2.45, 2.75) is 38.9 Å². The fourth-order valence-electron chi connectivity index (χ4n) is 3.76. The minimum Gasteiger partial charge on any atom is -0.340 e. The van der Waals surface area contributed by atoms with Crippen LogP contribution in [0.2, 0.25) is 0 Å². The number of hydrogen-bond donors (Lipinski definition) is 1. The predicted molar refractivity (Wildman–Crippen MR) is 122 cm³/mol. The Morgan fingerprint density at radius 3 is 2.52 bits per heavy atom. The molecule has 4 rings (SSSR count). The first-order valence-electron chi connectivity index (χ1n) is 10.5. The summed E-state index contributed by atoms with van der Waals surface area (Å²) < 4.78 is 15.5. The van der Waals surface area contributed by atoms with Gasteiger partial charge in [0.25, 0.3) is 0 Å². The van der Waals surface area contributed by atoms with Gasteiger partial charge in [0.2, 0.25) is 5.91 Å². The lowest BCUT2D eigenvalue weighted by Gasteiger charge is -2.30. The molecule has 0 aliphatic carbocycles. The Bertz CT molecular complexity index is 1230. The maximum atomic E-state index is 13.5. The van der Waals surface area contributed by atoms with E-state index in [9.17, 15) is 14.1 Å². The molecule has 0 unspecified atom stereocenters. The van der Waals surface area contributed by atoms with E-state index in [2.05, 4.69) is 16.6 Å². The van der Waals surface area contributed by atoms with E-state index < -0.39 is 5.54 Å². The normalized spacial score (nSPS) is 13.2. The Hall–Kier alpha value is -4.06. The first-order valence-corrected chi connectivity index (χ1v) is 10.5. The van der Waals surface area contributed by atoms with Crippen molar-refractivity contribution in [3.8, 4) is 17.3 Å². The lowest BCUT2D eigenvalue weighted by molar-refractivity contribution is -0.133. The van der Waals surface area contributed by atoms with Crippen LogP contribution in [0.3, 0.4) is 0 Å². The van der Waals surface area contributed by atoms with Gasteiger partial charge in [0, 0.05) is 24.3 Å². The van der Waals surface area contributed by atoms with Crippen LogP contribution in [0.5, 0.6) is 0 Å². The van der Waals surface area contributed by atoms with Gasteiger partial charge in [-0.3, -0.25) is 4.79 Å². The van der Waals surface area contributed by atoms with Gasteiger partial charge >= 0.3 is 0 Å². The number of imidazole rings is 1. The number of aromatic nitrogens is 2. The zero-order chi connectivity index (χ0) is 23.6. The molecule has 9 heteroatoms. The molecule has 0 fully saturated rings. The molecule has 1 amide bonds. The topological polar surface area (TPSA) is 103 Å². The fraction of sp³-hybridized carbons (Fsp3) is 0.292. The van der Waals surface area contributed by atoms with Gasteiger partial charge in [-0.2, -0.15) is 10.2 Å². The molecule has 1 N–H and O–H groups in total. The van der Waals surface area contributed by atoms with Crippen LogP contribution in [0.15, 0.2) is 53.7 Å². The van der Waals surface area contributed by atoms with Crippen LogP contribution < -0.4 is 5.32 Å². The third kappa shape index (κ3) is 4.75. The van der Waals surface area contributed by atoms with Gasteiger partial charge < -0.3 is 14.8 Å². The van der Waals surface area contributed by atoms with E-state index in [0.29, 0.717) is 30.2 Å². The Morgan fingerprint density at radius 2 is 1.88 bits per heavy atom. The number of fused-ring (bicyclic) bond motifs is 1. The van der Waals surface area contributed by atoms with Crippen molar-refractivity contribution < 1.29 is 9.18 Å². The molecule has 2 aromatic carbocycles. The van der Waals surface area contributed by atoms with E-state index in [1.807, 2.05) is 4.57 Å². The molecule has 0 radical (unpaired) electrons. The average Bonchev–Trinajstić information content (AvgIpc) is 3.17. The molecule has 3 aromatic rings. The fourth-order valence-corrected chi connectivity index (χ4v) is 3.76. The summed E-state index contributed by atoms with van der Waals surface area (Å²) in [6.45, 7) is 4.52. The standard InChI is InChI=1S/C24H23FN6O2/c1-24(2,29-33)13-21(32)30-11-12-31-20(15-30)28-22(17-5-7-18(25)8-6-17)23(31)27-19-9-3-16(14-26)4-10-19/h3-10,27H,11-13,15H2,1-2H3. The van der Waals surface area contributed by atoms with E-state index in [1.165, 1.54) is 12.1 Å². The van der Waals surface area contributed by atoms with E-state index >= 15 is 0 Å². The van der Waals surface area contributed by atoms with Crippen LogP contribution in [0.1, 0.15) is 31.7 Å². The minimum atomic E-state index is -0.967. The van der Waals surface area contributed by atoms with Crippen molar-refractivity contribution in [1.82, 2.24) is 14.5 Å². The summed E-state index contributed by atoms with van der Waals surface area (Å²) in [5.41, 5.74) is 1.73. The number of carbonyl (C=O) groups is 1. The highest BCUT2D eigenvalue weighted by atomic mass is 19.1. The second kappa shape index (κ2) is 8.82. The smallest absolute Gasteiger partial charge is 0.225 e. The molecule has 1 aromatic heterocycles. The number of nitroso groups, excluding NO2 is 1. The van der Waals surface area contributed by atoms with Gasteiger partial charge in [-0.25, -0.2) is 9.37 Å². The number of nitriles is 1. The molecular formula is C24H23FN6O2. The molecule has 168 valence electrons. The van der Waals surface area contributed by atoms with E-state index in [0.717, 1.165) is 17.1 Å². The van der Waals surface area contributed by atoms with Crippen LogP contribution in [-0.2, 0) is 17.9 Å². The molecule has 0 atom stereocenters. The third-order valence-corrected chi connectivity index (χ3v) is 5.55. The number of amides is 1. The van der Waals surface area contributed by atoms with Crippen molar-refractivity contribution in [2.24, 2.45) is 5.18 Å². The highest BCUT2D eigenvalue weighted by Gasteiger charge is 2.30. The second-order valence-corrected chi connectivity index (χ2v) is 8.59. The maximum Gasteiger partial charge on any atom is 0.225 e. The first kappa shape index (κ1) is 22.1. The van der Waals surface area contributed by atoms with Gasteiger partial charge in [-0.05, 0) is 62.4 Å². The van der Waals surface area contributed by atoms with Crippen molar-refractivity contribution >= 4 is 17.4 Å². The van der Waals surface area contributed by atoms with Crippen LogP contribution in [0, 0.1) is 22.1 Å². The molecule has 2 heterocycles. The number of benzene rings is 2. The molecule has 1 aliphatic heterocycles. The Kier molecular flexibility index (Phi) is 5.92. The van der Waals surface area contributed by atoms with Gasteiger partial charge in [-0.1, -0.05) is 5.18 Å². The predicted octanol–water partition coefficient (Wildman–Crippen LogP) is 4.58. The van der Waals surface area contributed by atoms with Crippen LogP contribution in [-0.4, -0.2) is 32.4 Å². The lowest BCUT2D eigenvalue weighted by atomic mass is 10.0. The minimum absolute atomic E-state index is 0.0262. The maximum absolute atomic E-state index is 13.5. The summed E-state index contributed by atoms with van der Waals surface area (Å²) in [5.74, 6) is 0.913. The molecule has 0 saturated carbocycles. The molecule has 0 bridgehead atoms. The van der Waals surface area contributed by atoms with Gasteiger partial charge in [0.1, 0.15) is 28.7 Å². The Morgan fingerprint density at radius 1 is 1.18 bits per heavy atom. The van der Waals surface area contributed by atoms with Crippen molar-refractivity contribution in [3.63, 3.8) is 0 Å². The van der Waals surface area contributed by atoms with Gasteiger partial charge in [-0.15, -0.1) is 0 Å². The van der Waals surface area contributed by atoms with Crippen LogP contribution >= 0.6 is 0 Å². The van der Waals surface area contributed by atoms with E-state index in [1.54, 1.807) is 55.1 Å². The molecule has 33 heavy (non-hydrogen) atoms. The average molecular weight is 446 g/mol. The highest BCUT2D eigenvalue weighted by Crippen LogP contribution is 2.33. The highest BCUT2D eigenvalue weighted by molar-refractivity contribution is 5.79. The van der Waals surface area contributed by atoms with Crippen molar-refractivity contribution in [2.75, 3.05) is 11.9 Å². The SMILES string of the molecule is CC(C)(CC(=O)N1CCn2c(nc(-c3ccc(F)cc3)c2Nc2ccc(C#N)cc2)C1)N=O. The first-order chi connectivity index (χ1) is 15.8. The van der Waals surface area contributed by atoms with Gasteiger partial charge in [0.15, 0.2) is 0 Å². The van der Waals surface area contributed by atoms with Crippen LogP contribution in [0.4, 0.5) is 15.9 Å². The Balaban J connectivity index is 1.68. The number of halogens is 1. The summed E-state index contributed by atoms with van der Waals surface area (Å²) in [4.78, 5) is 30.2. The van der Waals surface area contributed by atoms with E-state index in [-0.39, 0.29) is 24.7 Å². The van der Waals surface area contributed by atoms with Crippen molar-refractivity contribution in [1.29, 1.82) is 5.26 Å². The summed E-state index contributed by atoms with van der Waals surface area (Å²) in [5, 5.41) is 15.5. The molecule has 1 aliphatic rings. The monoisotopic (exact) mass is 446 g/mol. The lowest BCUT2D eigenvalue weighted by Crippen LogP contribution is -2.41. The summed E-state index contributed by atoms with van der Waals surface area (Å²) in [7, 11) is 0. The quantitative estimate of drug-likeness (QED) is 0.558. The second-order valence-electron chi connectivity index (χ2n) is 8.59.